The number of amides is 1. The van der Waals surface area contributed by atoms with E-state index < -0.39 is 0 Å². The molecule has 0 saturated carbocycles. The predicted octanol–water partition coefficient (Wildman–Crippen LogP) is 2.41. The van der Waals surface area contributed by atoms with Gasteiger partial charge in [-0.05, 0) is 30.0 Å². The summed E-state index contributed by atoms with van der Waals surface area (Å²) in [6.07, 6.45) is 4.91. The molecular weight excluding hydrogens is 320 g/mol. The third-order valence-electron chi connectivity index (χ3n) is 4.17. The van der Waals surface area contributed by atoms with Gasteiger partial charge in [0.05, 0.1) is 24.5 Å². The van der Waals surface area contributed by atoms with Crippen LogP contribution in [0.15, 0.2) is 42.7 Å². The van der Waals surface area contributed by atoms with Crippen molar-refractivity contribution in [1.82, 2.24) is 10.3 Å². The number of rotatable bonds is 6. The third kappa shape index (κ3) is 5.01. The second-order valence-electron chi connectivity index (χ2n) is 6.01. The molecule has 1 aliphatic rings. The molecule has 2 heterocycles. The summed E-state index contributed by atoms with van der Waals surface area (Å²) in [5.74, 6) is -0.451. The average molecular weight is 342 g/mol. The molecule has 0 unspecified atom stereocenters. The van der Waals surface area contributed by atoms with E-state index in [-0.39, 0.29) is 23.3 Å². The molecule has 0 spiro atoms. The molecule has 6 heteroatoms. The Balaban J connectivity index is 1.47. The van der Waals surface area contributed by atoms with Crippen LogP contribution in [0.25, 0.3) is 0 Å². The van der Waals surface area contributed by atoms with Gasteiger partial charge in [0.15, 0.2) is 0 Å². The van der Waals surface area contributed by atoms with Crippen LogP contribution in [0.2, 0.25) is 0 Å². The largest absolute Gasteiger partial charge is 0.505 e. The zero-order valence-corrected chi connectivity index (χ0v) is 14.0. The minimum Gasteiger partial charge on any atom is -0.505 e. The Morgan fingerprint density at radius 2 is 1.92 bits per heavy atom. The Morgan fingerprint density at radius 3 is 2.64 bits per heavy atom. The first-order valence-electron chi connectivity index (χ1n) is 8.41. The lowest BCUT2D eigenvalue weighted by Gasteiger charge is -2.22. The van der Waals surface area contributed by atoms with Gasteiger partial charge in [-0.25, -0.2) is 0 Å². The Bertz CT molecular complexity index is 697. The SMILES string of the molecule is O=C(NCc1ccc(COC2CCOCC2)cc1)c1ccncc1O. The molecule has 0 aliphatic carbocycles. The highest BCUT2D eigenvalue weighted by Gasteiger charge is 2.14. The maximum atomic E-state index is 12.1. The molecule has 1 aliphatic heterocycles. The summed E-state index contributed by atoms with van der Waals surface area (Å²) >= 11 is 0. The van der Waals surface area contributed by atoms with Crippen molar-refractivity contribution < 1.29 is 19.4 Å². The summed E-state index contributed by atoms with van der Waals surface area (Å²) in [7, 11) is 0. The molecule has 25 heavy (non-hydrogen) atoms. The van der Waals surface area contributed by atoms with E-state index in [9.17, 15) is 9.90 Å². The zero-order chi connectivity index (χ0) is 17.5. The van der Waals surface area contributed by atoms with Crippen molar-refractivity contribution in [2.24, 2.45) is 0 Å². The Morgan fingerprint density at radius 1 is 1.20 bits per heavy atom. The lowest BCUT2D eigenvalue weighted by Crippen LogP contribution is -2.23. The van der Waals surface area contributed by atoms with Crippen LogP contribution in [0, 0.1) is 0 Å². The van der Waals surface area contributed by atoms with E-state index >= 15 is 0 Å². The van der Waals surface area contributed by atoms with E-state index in [1.807, 2.05) is 24.3 Å². The van der Waals surface area contributed by atoms with E-state index in [2.05, 4.69) is 10.3 Å². The van der Waals surface area contributed by atoms with Gasteiger partial charge in [-0.2, -0.15) is 0 Å². The van der Waals surface area contributed by atoms with E-state index in [1.54, 1.807) is 0 Å². The molecule has 1 amide bonds. The summed E-state index contributed by atoms with van der Waals surface area (Å²) in [6, 6.07) is 9.43. The number of nitrogens with one attached hydrogen (secondary N) is 1. The zero-order valence-electron chi connectivity index (χ0n) is 14.0. The number of benzene rings is 1. The number of hydrogen-bond donors (Lipinski definition) is 2. The van der Waals surface area contributed by atoms with Crippen LogP contribution in [0.4, 0.5) is 0 Å². The second-order valence-corrected chi connectivity index (χ2v) is 6.01. The predicted molar refractivity (Wildman–Crippen MR) is 92.1 cm³/mol. The summed E-state index contributed by atoms with van der Waals surface area (Å²) in [5, 5.41) is 12.4. The van der Waals surface area contributed by atoms with Gasteiger partial charge in [0.2, 0.25) is 0 Å². The fourth-order valence-corrected chi connectivity index (χ4v) is 2.67. The minimum absolute atomic E-state index is 0.124. The van der Waals surface area contributed by atoms with Crippen LogP contribution in [0.3, 0.4) is 0 Å². The maximum Gasteiger partial charge on any atom is 0.255 e. The number of hydrogen-bond acceptors (Lipinski definition) is 5. The molecular formula is C19H22N2O4. The smallest absolute Gasteiger partial charge is 0.255 e. The topological polar surface area (TPSA) is 80.7 Å². The van der Waals surface area contributed by atoms with Crippen molar-refractivity contribution in [1.29, 1.82) is 0 Å². The highest BCUT2D eigenvalue weighted by molar-refractivity contribution is 5.96. The second kappa shape index (κ2) is 8.60. The van der Waals surface area contributed by atoms with Crippen molar-refractivity contribution in [3.63, 3.8) is 0 Å². The van der Waals surface area contributed by atoms with E-state index in [0.717, 1.165) is 37.2 Å². The molecule has 0 bridgehead atoms. The Hall–Kier alpha value is -2.44. The molecule has 1 fully saturated rings. The standard InChI is InChI=1S/C19H22N2O4/c22-18-12-20-8-5-17(18)19(23)21-11-14-1-3-15(4-2-14)13-25-16-6-9-24-10-7-16/h1-5,8,12,16,22H,6-7,9-11,13H2,(H,21,23). The van der Waals surface area contributed by atoms with Gasteiger partial charge in [-0.3, -0.25) is 9.78 Å². The van der Waals surface area contributed by atoms with Crippen LogP contribution in [0.5, 0.6) is 5.75 Å². The number of ether oxygens (including phenoxy) is 2. The Kier molecular flexibility index (Phi) is 5.98. The first kappa shape index (κ1) is 17.4. The third-order valence-corrected chi connectivity index (χ3v) is 4.17. The summed E-state index contributed by atoms with van der Waals surface area (Å²) in [6.45, 7) is 2.52. The monoisotopic (exact) mass is 342 g/mol. The van der Waals surface area contributed by atoms with Crippen molar-refractivity contribution in [2.75, 3.05) is 13.2 Å². The van der Waals surface area contributed by atoms with Crippen molar-refractivity contribution in [2.45, 2.75) is 32.1 Å². The van der Waals surface area contributed by atoms with Crippen LogP contribution in [-0.2, 0) is 22.6 Å². The van der Waals surface area contributed by atoms with Gasteiger partial charge in [-0.1, -0.05) is 24.3 Å². The van der Waals surface area contributed by atoms with Gasteiger partial charge < -0.3 is 19.9 Å². The van der Waals surface area contributed by atoms with Crippen LogP contribution in [0.1, 0.15) is 34.3 Å². The Labute approximate surface area is 146 Å². The van der Waals surface area contributed by atoms with Gasteiger partial charge in [0, 0.05) is 26.0 Å². The number of aromatic hydroxyl groups is 1. The lowest BCUT2D eigenvalue weighted by atomic mass is 10.1. The van der Waals surface area contributed by atoms with Gasteiger partial charge in [0.1, 0.15) is 5.75 Å². The molecule has 1 aromatic carbocycles. The van der Waals surface area contributed by atoms with Crippen molar-refractivity contribution in [3.05, 3.63) is 59.4 Å². The summed E-state index contributed by atoms with van der Waals surface area (Å²) in [5.41, 5.74) is 2.31. The molecule has 1 saturated heterocycles. The minimum atomic E-state index is -0.327. The lowest BCUT2D eigenvalue weighted by molar-refractivity contribution is -0.0390. The molecule has 0 radical (unpaired) electrons. The van der Waals surface area contributed by atoms with Crippen LogP contribution >= 0.6 is 0 Å². The van der Waals surface area contributed by atoms with E-state index in [0.29, 0.717) is 13.2 Å². The number of nitrogens with zero attached hydrogens (tertiary/aromatic N) is 1. The first-order valence-corrected chi connectivity index (χ1v) is 8.41. The van der Waals surface area contributed by atoms with E-state index in [4.69, 9.17) is 9.47 Å². The average Bonchev–Trinajstić information content (AvgIpc) is 2.66. The van der Waals surface area contributed by atoms with Crippen molar-refractivity contribution >= 4 is 5.91 Å². The number of carbonyl (C=O) groups is 1. The molecule has 2 aromatic rings. The van der Waals surface area contributed by atoms with Crippen molar-refractivity contribution in [3.8, 4) is 5.75 Å². The fourth-order valence-electron chi connectivity index (χ4n) is 2.67. The highest BCUT2D eigenvalue weighted by Crippen LogP contribution is 2.15. The van der Waals surface area contributed by atoms with E-state index in [1.165, 1.54) is 18.5 Å². The van der Waals surface area contributed by atoms with Gasteiger partial charge >= 0.3 is 0 Å². The first-order chi connectivity index (χ1) is 12.2. The molecule has 1 aromatic heterocycles. The summed E-state index contributed by atoms with van der Waals surface area (Å²) in [4.78, 5) is 15.8. The molecule has 132 valence electrons. The van der Waals surface area contributed by atoms with Gasteiger partial charge in [-0.15, -0.1) is 0 Å². The number of pyridine rings is 1. The van der Waals surface area contributed by atoms with Crippen LogP contribution < -0.4 is 5.32 Å². The van der Waals surface area contributed by atoms with Gasteiger partial charge in [0.25, 0.3) is 5.91 Å². The molecule has 2 N–H and O–H groups in total. The quantitative estimate of drug-likeness (QED) is 0.843. The molecule has 0 atom stereocenters. The maximum absolute atomic E-state index is 12.1. The molecule has 3 rings (SSSR count). The summed E-state index contributed by atoms with van der Waals surface area (Å²) < 4.78 is 11.2. The molecule has 6 nitrogen and oxygen atoms in total. The number of aromatic nitrogens is 1. The fraction of sp³-hybridized carbons (Fsp3) is 0.368. The van der Waals surface area contributed by atoms with Crippen LogP contribution in [-0.4, -0.2) is 35.3 Å². The number of carbonyl (C=O) groups excluding carboxylic acids is 1. The highest BCUT2D eigenvalue weighted by atomic mass is 16.5. The normalized spacial score (nSPS) is 15.0.